The lowest BCUT2D eigenvalue weighted by Crippen LogP contribution is -2.44. The molecule has 1 atom stereocenters. The Hall–Kier alpha value is -1.13. The summed E-state index contributed by atoms with van der Waals surface area (Å²) in [7, 11) is 2.19. The van der Waals surface area contributed by atoms with Gasteiger partial charge in [0.25, 0.3) is 0 Å². The normalized spacial score (nSPS) is 24.7. The van der Waals surface area contributed by atoms with E-state index in [1.165, 1.54) is 37.9 Å². The van der Waals surface area contributed by atoms with Crippen LogP contribution in [-0.4, -0.2) is 61.1 Å². The van der Waals surface area contributed by atoms with Crippen molar-refractivity contribution in [2.45, 2.75) is 32.2 Å². The number of rotatable bonds is 4. The van der Waals surface area contributed by atoms with Gasteiger partial charge in [0.2, 0.25) is 0 Å². The predicted molar refractivity (Wildman–Crippen MR) is 87.8 cm³/mol. The van der Waals surface area contributed by atoms with Crippen molar-refractivity contribution in [3.05, 3.63) is 23.9 Å². The summed E-state index contributed by atoms with van der Waals surface area (Å²) in [6.45, 7) is 9.18. The molecule has 0 spiro atoms. The fraction of sp³-hybridized carbons (Fsp3) is 0.706. The highest BCUT2D eigenvalue weighted by Gasteiger charge is 2.25. The maximum Gasteiger partial charge on any atom is 0.128 e. The minimum Gasteiger partial charge on any atom is -0.354 e. The first-order valence-electron chi connectivity index (χ1n) is 8.41. The average Bonchev–Trinajstić information content (AvgIpc) is 2.97. The molecule has 4 heteroatoms. The molecule has 3 rings (SSSR count). The minimum absolute atomic E-state index is 0.596. The molecule has 0 saturated carbocycles. The van der Waals surface area contributed by atoms with Crippen LogP contribution in [0, 0.1) is 0 Å². The summed E-state index contributed by atoms with van der Waals surface area (Å²) in [6.07, 6.45) is 5.97. The van der Waals surface area contributed by atoms with Gasteiger partial charge in [-0.2, -0.15) is 0 Å². The lowest BCUT2D eigenvalue weighted by Gasteiger charge is -2.33. The SMILES string of the molecule is CCCN1CCC[C@@H]1c1ccc(N2CCN(C)CC2)nc1. The van der Waals surface area contributed by atoms with Gasteiger partial charge >= 0.3 is 0 Å². The van der Waals surface area contributed by atoms with Gasteiger partial charge in [0.05, 0.1) is 0 Å². The summed E-state index contributed by atoms with van der Waals surface area (Å²) < 4.78 is 0. The van der Waals surface area contributed by atoms with E-state index in [-0.39, 0.29) is 0 Å². The summed E-state index contributed by atoms with van der Waals surface area (Å²) >= 11 is 0. The minimum atomic E-state index is 0.596. The molecule has 4 nitrogen and oxygen atoms in total. The molecule has 2 aliphatic rings. The van der Waals surface area contributed by atoms with Crippen LogP contribution < -0.4 is 4.90 Å². The number of piperazine rings is 1. The van der Waals surface area contributed by atoms with E-state index in [1.807, 2.05) is 0 Å². The Morgan fingerprint density at radius 1 is 1.14 bits per heavy atom. The Labute approximate surface area is 128 Å². The third-order valence-corrected chi connectivity index (χ3v) is 4.86. The smallest absolute Gasteiger partial charge is 0.128 e. The van der Waals surface area contributed by atoms with Crippen molar-refractivity contribution in [2.75, 3.05) is 51.2 Å². The number of hydrogen-bond acceptors (Lipinski definition) is 4. The second-order valence-corrected chi connectivity index (χ2v) is 6.43. The molecular weight excluding hydrogens is 260 g/mol. The van der Waals surface area contributed by atoms with Crippen molar-refractivity contribution < 1.29 is 0 Å². The van der Waals surface area contributed by atoms with Gasteiger partial charge in [-0.05, 0) is 51.0 Å². The van der Waals surface area contributed by atoms with E-state index in [1.54, 1.807) is 0 Å². The molecule has 21 heavy (non-hydrogen) atoms. The van der Waals surface area contributed by atoms with Gasteiger partial charge < -0.3 is 9.80 Å². The quantitative estimate of drug-likeness (QED) is 0.848. The fourth-order valence-electron chi connectivity index (χ4n) is 3.58. The van der Waals surface area contributed by atoms with Crippen molar-refractivity contribution in [1.82, 2.24) is 14.8 Å². The van der Waals surface area contributed by atoms with Crippen LogP contribution in [0.15, 0.2) is 18.3 Å². The molecule has 2 aliphatic heterocycles. The second kappa shape index (κ2) is 6.75. The molecule has 0 aromatic carbocycles. The third-order valence-electron chi connectivity index (χ3n) is 4.86. The van der Waals surface area contributed by atoms with Gasteiger partial charge in [-0.3, -0.25) is 4.90 Å². The van der Waals surface area contributed by atoms with Crippen LogP contribution in [0.5, 0.6) is 0 Å². The Kier molecular flexibility index (Phi) is 4.76. The molecule has 1 aromatic rings. The summed E-state index contributed by atoms with van der Waals surface area (Å²) in [6, 6.07) is 5.13. The molecule has 0 bridgehead atoms. The Morgan fingerprint density at radius 2 is 1.95 bits per heavy atom. The van der Waals surface area contributed by atoms with Gasteiger partial charge in [-0.25, -0.2) is 4.98 Å². The Bertz CT molecular complexity index is 437. The molecule has 2 fully saturated rings. The number of aromatic nitrogens is 1. The lowest BCUT2D eigenvalue weighted by molar-refractivity contribution is 0.257. The predicted octanol–water partition coefficient (Wildman–Crippen LogP) is 2.38. The van der Waals surface area contributed by atoms with E-state index in [9.17, 15) is 0 Å². The Balaban J connectivity index is 1.66. The topological polar surface area (TPSA) is 22.6 Å². The van der Waals surface area contributed by atoms with Crippen LogP contribution in [0.2, 0.25) is 0 Å². The van der Waals surface area contributed by atoms with Gasteiger partial charge in [0.1, 0.15) is 5.82 Å². The number of likely N-dealkylation sites (tertiary alicyclic amines) is 1. The van der Waals surface area contributed by atoms with Gasteiger partial charge in [-0.15, -0.1) is 0 Å². The first-order valence-corrected chi connectivity index (χ1v) is 8.41. The lowest BCUT2D eigenvalue weighted by atomic mass is 10.1. The largest absolute Gasteiger partial charge is 0.354 e. The molecule has 0 amide bonds. The first kappa shape index (κ1) is 14.8. The molecule has 0 unspecified atom stereocenters. The van der Waals surface area contributed by atoms with Crippen molar-refractivity contribution in [3.63, 3.8) is 0 Å². The number of anilines is 1. The maximum atomic E-state index is 4.75. The standard InChI is InChI=1S/C17H28N4/c1-3-8-20-9-4-5-16(20)15-6-7-17(18-14-15)21-12-10-19(2)11-13-21/h6-7,14,16H,3-5,8-13H2,1-2H3/t16-/m1/s1. The Morgan fingerprint density at radius 3 is 2.62 bits per heavy atom. The van der Waals surface area contributed by atoms with Gasteiger partial charge in [-0.1, -0.05) is 13.0 Å². The van der Waals surface area contributed by atoms with Crippen LogP contribution in [0.3, 0.4) is 0 Å². The van der Waals surface area contributed by atoms with E-state index < -0.39 is 0 Å². The highest BCUT2D eigenvalue weighted by molar-refractivity contribution is 5.40. The van der Waals surface area contributed by atoms with E-state index in [0.717, 1.165) is 32.0 Å². The monoisotopic (exact) mass is 288 g/mol. The number of nitrogens with zero attached hydrogens (tertiary/aromatic N) is 4. The highest BCUT2D eigenvalue weighted by Crippen LogP contribution is 2.32. The molecule has 1 aromatic heterocycles. The van der Waals surface area contributed by atoms with Crippen molar-refractivity contribution in [2.24, 2.45) is 0 Å². The number of hydrogen-bond donors (Lipinski definition) is 0. The molecule has 2 saturated heterocycles. The van der Waals surface area contributed by atoms with E-state index in [0.29, 0.717) is 6.04 Å². The highest BCUT2D eigenvalue weighted by atomic mass is 15.3. The number of likely N-dealkylation sites (N-methyl/N-ethyl adjacent to an activating group) is 1. The van der Waals surface area contributed by atoms with Crippen LogP contribution in [0.25, 0.3) is 0 Å². The van der Waals surface area contributed by atoms with Crippen LogP contribution in [0.4, 0.5) is 5.82 Å². The summed E-state index contributed by atoms with van der Waals surface area (Å²) in [5, 5.41) is 0. The van der Waals surface area contributed by atoms with Crippen LogP contribution in [0.1, 0.15) is 37.8 Å². The van der Waals surface area contributed by atoms with Crippen LogP contribution >= 0.6 is 0 Å². The zero-order valence-electron chi connectivity index (χ0n) is 13.5. The average molecular weight is 288 g/mol. The maximum absolute atomic E-state index is 4.75. The number of pyridine rings is 1. The van der Waals surface area contributed by atoms with Gasteiger partial charge in [0.15, 0.2) is 0 Å². The fourth-order valence-corrected chi connectivity index (χ4v) is 3.58. The van der Waals surface area contributed by atoms with E-state index in [4.69, 9.17) is 4.98 Å². The molecule has 0 radical (unpaired) electrons. The van der Waals surface area contributed by atoms with Crippen LogP contribution in [-0.2, 0) is 0 Å². The van der Waals surface area contributed by atoms with E-state index in [2.05, 4.69) is 47.0 Å². The molecule has 0 aliphatic carbocycles. The summed E-state index contributed by atoms with van der Waals surface area (Å²) in [4.78, 5) is 12.2. The second-order valence-electron chi connectivity index (χ2n) is 6.43. The van der Waals surface area contributed by atoms with Crippen molar-refractivity contribution >= 4 is 5.82 Å². The van der Waals surface area contributed by atoms with Crippen molar-refractivity contribution in [3.8, 4) is 0 Å². The van der Waals surface area contributed by atoms with Gasteiger partial charge in [0, 0.05) is 38.4 Å². The molecule has 3 heterocycles. The summed E-state index contributed by atoms with van der Waals surface area (Å²) in [5.74, 6) is 1.15. The zero-order chi connectivity index (χ0) is 14.7. The van der Waals surface area contributed by atoms with E-state index >= 15 is 0 Å². The molecule has 0 N–H and O–H groups in total. The molecular formula is C17H28N4. The summed E-state index contributed by atoms with van der Waals surface area (Å²) in [5.41, 5.74) is 1.40. The molecule has 116 valence electrons. The third kappa shape index (κ3) is 3.38. The first-order chi connectivity index (χ1) is 10.3. The van der Waals surface area contributed by atoms with Crippen molar-refractivity contribution in [1.29, 1.82) is 0 Å². The zero-order valence-corrected chi connectivity index (χ0v) is 13.5.